The third kappa shape index (κ3) is 3.43. The van der Waals surface area contributed by atoms with Gasteiger partial charge in [0.15, 0.2) is 0 Å². The number of carbonyl (C=O) groups excluding carboxylic acids is 1. The summed E-state index contributed by atoms with van der Waals surface area (Å²) in [5.41, 5.74) is 0.629. The van der Waals surface area contributed by atoms with Crippen LogP contribution in [0, 0.1) is 5.41 Å². The summed E-state index contributed by atoms with van der Waals surface area (Å²) >= 11 is 0. The van der Waals surface area contributed by atoms with Gasteiger partial charge in [0.1, 0.15) is 11.5 Å². The Bertz CT molecular complexity index is 441. The Kier molecular flexibility index (Phi) is 4.02. The number of carbonyl (C=O) groups is 1. The van der Waals surface area contributed by atoms with Gasteiger partial charge < -0.3 is 10.2 Å². The molecule has 0 bridgehead atoms. The summed E-state index contributed by atoms with van der Waals surface area (Å²) in [5, 5.41) is 3.07. The lowest BCUT2D eigenvalue weighted by Gasteiger charge is -2.37. The van der Waals surface area contributed by atoms with Gasteiger partial charge in [-0.25, -0.2) is 9.97 Å². The molecule has 1 fully saturated rings. The van der Waals surface area contributed by atoms with Crippen LogP contribution in [-0.2, 0) is 0 Å². The Morgan fingerprint density at radius 1 is 1.42 bits per heavy atom. The maximum Gasteiger partial charge on any atom is 0.274 e. The third-order valence-electron chi connectivity index (χ3n) is 3.42. The highest BCUT2D eigenvalue weighted by Crippen LogP contribution is 2.28. The van der Waals surface area contributed by atoms with Crippen molar-refractivity contribution in [2.45, 2.75) is 33.6 Å². The number of piperidine rings is 1. The second-order valence-electron chi connectivity index (χ2n) is 5.81. The van der Waals surface area contributed by atoms with Crippen LogP contribution >= 0.6 is 0 Å². The minimum Gasteiger partial charge on any atom is -0.369 e. The Labute approximate surface area is 114 Å². The SMILES string of the molecule is CCNc1cnc(C(=O)N2CCCC(C)(C)C2)cn1. The summed E-state index contributed by atoms with van der Waals surface area (Å²) < 4.78 is 0. The van der Waals surface area contributed by atoms with E-state index >= 15 is 0 Å². The number of nitrogens with one attached hydrogen (secondary N) is 1. The smallest absolute Gasteiger partial charge is 0.274 e. The van der Waals surface area contributed by atoms with Crippen molar-refractivity contribution in [1.82, 2.24) is 14.9 Å². The fraction of sp³-hybridized carbons (Fsp3) is 0.643. The normalized spacial score (nSPS) is 18.2. The lowest BCUT2D eigenvalue weighted by Crippen LogP contribution is -2.43. The molecule has 1 aromatic rings. The minimum atomic E-state index is -0.0108. The molecule has 1 aliphatic heterocycles. The first-order chi connectivity index (χ1) is 9.02. The average Bonchev–Trinajstić information content (AvgIpc) is 2.38. The number of anilines is 1. The first kappa shape index (κ1) is 13.8. The van der Waals surface area contributed by atoms with Crippen molar-refractivity contribution in [2.75, 3.05) is 25.0 Å². The summed E-state index contributed by atoms with van der Waals surface area (Å²) in [4.78, 5) is 22.7. The molecule has 2 heterocycles. The van der Waals surface area contributed by atoms with Gasteiger partial charge in [0.05, 0.1) is 12.4 Å². The Morgan fingerprint density at radius 2 is 2.21 bits per heavy atom. The Hall–Kier alpha value is -1.65. The van der Waals surface area contributed by atoms with Crippen LogP contribution in [0.4, 0.5) is 5.82 Å². The van der Waals surface area contributed by atoms with Gasteiger partial charge in [-0.15, -0.1) is 0 Å². The monoisotopic (exact) mass is 262 g/mol. The average molecular weight is 262 g/mol. The third-order valence-corrected chi connectivity index (χ3v) is 3.42. The first-order valence-electron chi connectivity index (χ1n) is 6.87. The van der Waals surface area contributed by atoms with E-state index in [1.54, 1.807) is 12.4 Å². The molecule has 19 heavy (non-hydrogen) atoms. The molecule has 2 rings (SSSR count). The van der Waals surface area contributed by atoms with Gasteiger partial charge in [-0.2, -0.15) is 0 Å². The van der Waals surface area contributed by atoms with E-state index in [1.165, 1.54) is 6.42 Å². The zero-order valence-electron chi connectivity index (χ0n) is 11.9. The van der Waals surface area contributed by atoms with E-state index in [2.05, 4.69) is 29.1 Å². The van der Waals surface area contributed by atoms with Crippen molar-refractivity contribution in [1.29, 1.82) is 0 Å². The summed E-state index contributed by atoms with van der Waals surface area (Å²) in [6.07, 6.45) is 5.40. The molecule has 0 atom stereocenters. The Balaban J connectivity index is 2.06. The number of hydrogen-bond acceptors (Lipinski definition) is 4. The largest absolute Gasteiger partial charge is 0.369 e. The highest BCUT2D eigenvalue weighted by atomic mass is 16.2. The molecule has 0 saturated carbocycles. The molecule has 104 valence electrons. The summed E-state index contributed by atoms with van der Waals surface area (Å²) in [7, 11) is 0. The predicted octanol–water partition coefficient (Wildman–Crippen LogP) is 2.17. The number of hydrogen-bond donors (Lipinski definition) is 1. The van der Waals surface area contributed by atoms with E-state index in [-0.39, 0.29) is 11.3 Å². The van der Waals surface area contributed by atoms with E-state index in [0.29, 0.717) is 11.5 Å². The number of rotatable bonds is 3. The van der Waals surface area contributed by atoms with Gasteiger partial charge in [-0.05, 0) is 25.2 Å². The van der Waals surface area contributed by atoms with E-state index in [9.17, 15) is 4.79 Å². The van der Waals surface area contributed by atoms with Crippen LogP contribution in [0.25, 0.3) is 0 Å². The zero-order valence-corrected chi connectivity index (χ0v) is 11.9. The van der Waals surface area contributed by atoms with Gasteiger partial charge in [-0.1, -0.05) is 13.8 Å². The highest BCUT2D eigenvalue weighted by molar-refractivity contribution is 5.92. The fourth-order valence-electron chi connectivity index (χ4n) is 2.47. The van der Waals surface area contributed by atoms with Gasteiger partial charge in [-0.3, -0.25) is 4.79 Å². The topological polar surface area (TPSA) is 58.1 Å². The molecule has 5 nitrogen and oxygen atoms in total. The number of aromatic nitrogens is 2. The lowest BCUT2D eigenvalue weighted by atomic mass is 9.84. The van der Waals surface area contributed by atoms with Gasteiger partial charge >= 0.3 is 0 Å². The van der Waals surface area contributed by atoms with Crippen LogP contribution in [0.15, 0.2) is 12.4 Å². The first-order valence-corrected chi connectivity index (χ1v) is 6.87. The molecular formula is C14H22N4O. The van der Waals surface area contributed by atoms with Crippen molar-refractivity contribution >= 4 is 11.7 Å². The standard InChI is InChI=1S/C14H22N4O/c1-4-15-12-9-16-11(8-17-12)13(19)18-7-5-6-14(2,3)10-18/h8-9H,4-7,10H2,1-3H3,(H,15,17). The fourth-order valence-corrected chi connectivity index (χ4v) is 2.47. The molecule has 1 aliphatic rings. The second-order valence-corrected chi connectivity index (χ2v) is 5.81. The molecular weight excluding hydrogens is 240 g/mol. The molecule has 0 radical (unpaired) electrons. The van der Waals surface area contributed by atoms with Crippen molar-refractivity contribution in [3.05, 3.63) is 18.1 Å². The van der Waals surface area contributed by atoms with E-state index in [0.717, 1.165) is 26.1 Å². The number of likely N-dealkylation sites (tertiary alicyclic amines) is 1. The number of nitrogens with zero attached hydrogens (tertiary/aromatic N) is 3. The molecule has 1 saturated heterocycles. The predicted molar refractivity (Wildman–Crippen MR) is 75.1 cm³/mol. The van der Waals surface area contributed by atoms with Crippen molar-refractivity contribution in [3.63, 3.8) is 0 Å². The summed E-state index contributed by atoms with van der Waals surface area (Å²) in [5.74, 6) is 0.696. The van der Waals surface area contributed by atoms with E-state index < -0.39 is 0 Å². The molecule has 0 aromatic carbocycles. The molecule has 5 heteroatoms. The van der Waals surface area contributed by atoms with Crippen molar-refractivity contribution < 1.29 is 4.79 Å². The van der Waals surface area contributed by atoms with Gasteiger partial charge in [0.2, 0.25) is 0 Å². The quantitative estimate of drug-likeness (QED) is 0.907. The van der Waals surface area contributed by atoms with Gasteiger partial charge in [0.25, 0.3) is 5.91 Å². The summed E-state index contributed by atoms with van der Waals surface area (Å²) in [6, 6.07) is 0. The Morgan fingerprint density at radius 3 is 2.79 bits per heavy atom. The molecule has 1 amide bonds. The molecule has 1 N–H and O–H groups in total. The molecule has 1 aromatic heterocycles. The van der Waals surface area contributed by atoms with Crippen LogP contribution in [0.5, 0.6) is 0 Å². The zero-order chi connectivity index (χ0) is 13.9. The van der Waals surface area contributed by atoms with E-state index in [4.69, 9.17) is 0 Å². The van der Waals surface area contributed by atoms with Crippen LogP contribution in [-0.4, -0.2) is 40.4 Å². The molecule has 0 unspecified atom stereocenters. The maximum atomic E-state index is 12.4. The van der Waals surface area contributed by atoms with E-state index in [1.807, 2.05) is 11.8 Å². The molecule has 0 aliphatic carbocycles. The van der Waals surface area contributed by atoms with Crippen LogP contribution in [0.2, 0.25) is 0 Å². The van der Waals surface area contributed by atoms with Crippen LogP contribution < -0.4 is 5.32 Å². The summed E-state index contributed by atoms with van der Waals surface area (Å²) in [6.45, 7) is 8.80. The number of amides is 1. The highest BCUT2D eigenvalue weighted by Gasteiger charge is 2.30. The van der Waals surface area contributed by atoms with Crippen molar-refractivity contribution in [2.24, 2.45) is 5.41 Å². The van der Waals surface area contributed by atoms with Crippen LogP contribution in [0.3, 0.4) is 0 Å². The lowest BCUT2D eigenvalue weighted by molar-refractivity contribution is 0.0577. The second kappa shape index (κ2) is 5.55. The van der Waals surface area contributed by atoms with Gasteiger partial charge in [0, 0.05) is 19.6 Å². The van der Waals surface area contributed by atoms with Crippen molar-refractivity contribution in [3.8, 4) is 0 Å². The minimum absolute atomic E-state index is 0.0108. The molecule has 0 spiro atoms. The van der Waals surface area contributed by atoms with Crippen LogP contribution in [0.1, 0.15) is 44.1 Å². The maximum absolute atomic E-state index is 12.4.